The third kappa shape index (κ3) is 2.95. The van der Waals surface area contributed by atoms with Crippen LogP contribution in [-0.2, 0) is 14.6 Å². The zero-order chi connectivity index (χ0) is 7.65. The number of carbonyl (C=O) groups is 1. The minimum Gasteiger partial charge on any atom is -0.298 e. The topological polar surface area (TPSA) is 51.2 Å². The lowest BCUT2D eigenvalue weighted by molar-refractivity contribution is -0.115. The van der Waals surface area contributed by atoms with Crippen molar-refractivity contribution < 1.29 is 13.2 Å². The second-order valence-electron chi connectivity index (χ2n) is 1.76. The van der Waals surface area contributed by atoms with Gasteiger partial charge in [0, 0.05) is 6.26 Å². The fourth-order valence-electron chi connectivity index (χ4n) is 0.301. The predicted octanol–water partition coefficient (Wildman–Crippen LogP) is 0.341. The molecule has 0 saturated heterocycles. The molecule has 0 aliphatic rings. The van der Waals surface area contributed by atoms with Crippen molar-refractivity contribution in [1.29, 1.82) is 0 Å². The number of hydrogen-bond donors (Lipinski definition) is 0. The summed E-state index contributed by atoms with van der Waals surface area (Å²) in [6.45, 7) is 1.22. The first-order chi connectivity index (χ1) is 3.85. The van der Waals surface area contributed by atoms with Crippen molar-refractivity contribution in [2.45, 2.75) is 11.1 Å². The van der Waals surface area contributed by atoms with Gasteiger partial charge in [-0.15, -0.1) is 0 Å². The van der Waals surface area contributed by atoms with E-state index in [1.54, 1.807) is 0 Å². The lowest BCUT2D eigenvalue weighted by atomic mass is 10.5. The normalized spacial score (nSPS) is 15.0. The van der Waals surface area contributed by atoms with Gasteiger partial charge in [0.25, 0.3) is 0 Å². The van der Waals surface area contributed by atoms with Crippen molar-refractivity contribution in [3.05, 3.63) is 0 Å². The molecule has 9 heavy (non-hydrogen) atoms. The Hall–Kier alpha value is 0.1000. The molecule has 0 radical (unpaired) electrons. The molecule has 0 fully saturated rings. The van der Waals surface area contributed by atoms with E-state index in [1.165, 1.54) is 6.92 Å². The van der Waals surface area contributed by atoms with Gasteiger partial charge in [-0.05, 0) is 6.92 Å². The summed E-state index contributed by atoms with van der Waals surface area (Å²) in [7, 11) is -3.23. The molecule has 0 saturated carbocycles. The molecule has 0 N–H and O–H groups in total. The van der Waals surface area contributed by atoms with Gasteiger partial charge >= 0.3 is 0 Å². The van der Waals surface area contributed by atoms with E-state index in [9.17, 15) is 13.2 Å². The Morgan fingerprint density at radius 1 is 1.56 bits per heavy atom. The Kier molecular flexibility index (Phi) is 2.82. The van der Waals surface area contributed by atoms with E-state index >= 15 is 0 Å². The maximum atomic E-state index is 10.5. The highest BCUT2D eigenvalue weighted by Crippen LogP contribution is 2.07. The number of carbonyl (C=O) groups excluding carboxylic acids is 1. The summed E-state index contributed by atoms with van der Waals surface area (Å²) in [6, 6.07) is 0. The van der Waals surface area contributed by atoms with E-state index in [2.05, 4.69) is 15.9 Å². The highest BCUT2D eigenvalue weighted by molar-refractivity contribution is 9.11. The monoisotopic (exact) mass is 214 g/mol. The number of hydrogen-bond acceptors (Lipinski definition) is 3. The van der Waals surface area contributed by atoms with Gasteiger partial charge in [0.1, 0.15) is 0 Å². The van der Waals surface area contributed by atoms with Crippen LogP contribution in [-0.4, -0.2) is 24.6 Å². The lowest BCUT2D eigenvalue weighted by Gasteiger charge is -1.99. The molecule has 0 aromatic rings. The molecule has 0 unspecified atom stereocenters. The summed E-state index contributed by atoms with van der Waals surface area (Å²) in [5.41, 5.74) is 0. The molecule has 0 aromatic carbocycles. The molecular formula is C4H7BrO3S. The van der Waals surface area contributed by atoms with Crippen LogP contribution in [0.1, 0.15) is 6.92 Å². The van der Waals surface area contributed by atoms with Crippen LogP contribution in [0.15, 0.2) is 0 Å². The number of halogens is 1. The zero-order valence-electron chi connectivity index (χ0n) is 5.09. The van der Waals surface area contributed by atoms with Gasteiger partial charge in [-0.3, -0.25) is 4.79 Å². The second kappa shape index (κ2) is 2.79. The summed E-state index contributed by atoms with van der Waals surface area (Å²) in [5.74, 6) is -0.391. The molecule has 54 valence electrons. The van der Waals surface area contributed by atoms with Gasteiger partial charge < -0.3 is 0 Å². The minimum absolute atomic E-state index is 0.391. The van der Waals surface area contributed by atoms with Crippen molar-refractivity contribution in [3.8, 4) is 0 Å². The highest BCUT2D eigenvalue weighted by Gasteiger charge is 2.20. The number of Topliss-reactive ketones (excluding diaryl/α,β-unsaturated/α-hetero) is 1. The number of alkyl halides is 1. The van der Waals surface area contributed by atoms with Crippen LogP contribution in [0.3, 0.4) is 0 Å². The van der Waals surface area contributed by atoms with Gasteiger partial charge in [-0.1, -0.05) is 15.9 Å². The first kappa shape index (κ1) is 9.10. The molecule has 3 nitrogen and oxygen atoms in total. The standard InChI is InChI=1S/C4H7BrO3S/c1-3(6)4(5)9(2,7)8/h4H,1-2H3/t4-/m0/s1. The van der Waals surface area contributed by atoms with Crippen LogP contribution >= 0.6 is 15.9 Å². The fourth-order valence-corrected chi connectivity index (χ4v) is 0.904. The summed E-state index contributed by atoms with van der Waals surface area (Å²) >= 11 is 2.73. The quantitative estimate of drug-likeness (QED) is 0.624. The molecule has 0 rings (SSSR count). The van der Waals surface area contributed by atoms with Crippen molar-refractivity contribution in [2.24, 2.45) is 0 Å². The van der Waals surface area contributed by atoms with Crippen molar-refractivity contribution in [1.82, 2.24) is 0 Å². The Morgan fingerprint density at radius 3 is 1.89 bits per heavy atom. The molecule has 0 aliphatic heterocycles. The highest BCUT2D eigenvalue weighted by atomic mass is 79.9. The number of ketones is 1. The summed E-state index contributed by atoms with van der Waals surface area (Å²) in [4.78, 5) is 10.4. The fraction of sp³-hybridized carbons (Fsp3) is 0.750. The summed E-state index contributed by atoms with van der Waals surface area (Å²) < 4.78 is 20.0. The third-order valence-corrected chi connectivity index (χ3v) is 4.46. The Labute approximate surface area is 62.5 Å². The van der Waals surface area contributed by atoms with Crippen LogP contribution in [0.5, 0.6) is 0 Å². The van der Waals surface area contributed by atoms with Gasteiger partial charge in [-0.2, -0.15) is 0 Å². The second-order valence-corrected chi connectivity index (χ2v) is 5.41. The van der Waals surface area contributed by atoms with E-state index in [0.29, 0.717) is 0 Å². The molecular weight excluding hydrogens is 208 g/mol. The number of rotatable bonds is 2. The van der Waals surface area contributed by atoms with Crippen LogP contribution < -0.4 is 0 Å². The Balaban J connectivity index is 4.43. The average molecular weight is 215 g/mol. The van der Waals surface area contributed by atoms with E-state index in [1.807, 2.05) is 0 Å². The van der Waals surface area contributed by atoms with E-state index in [0.717, 1.165) is 6.26 Å². The lowest BCUT2D eigenvalue weighted by Crippen LogP contribution is -2.20. The molecule has 1 atom stereocenters. The van der Waals surface area contributed by atoms with E-state index in [4.69, 9.17) is 0 Å². The first-order valence-corrected chi connectivity index (χ1v) is 5.06. The number of sulfone groups is 1. The molecule has 0 aromatic heterocycles. The van der Waals surface area contributed by atoms with Crippen LogP contribution in [0, 0.1) is 0 Å². The molecule has 0 heterocycles. The van der Waals surface area contributed by atoms with Crippen molar-refractivity contribution >= 4 is 31.6 Å². The molecule has 0 aliphatic carbocycles. The smallest absolute Gasteiger partial charge is 0.173 e. The van der Waals surface area contributed by atoms with Crippen molar-refractivity contribution in [2.75, 3.05) is 6.26 Å². The van der Waals surface area contributed by atoms with Gasteiger partial charge in [0.05, 0.1) is 0 Å². The summed E-state index contributed by atoms with van der Waals surface area (Å²) in [5, 5.41) is 0. The average Bonchev–Trinajstić information content (AvgIpc) is 1.62. The molecule has 0 bridgehead atoms. The van der Waals surface area contributed by atoms with Gasteiger partial charge in [0.15, 0.2) is 19.8 Å². The predicted molar refractivity (Wildman–Crippen MR) is 38.2 cm³/mol. The SMILES string of the molecule is CC(=O)[C@@H](Br)S(C)(=O)=O. The molecule has 5 heteroatoms. The first-order valence-electron chi connectivity index (χ1n) is 2.19. The maximum absolute atomic E-state index is 10.5. The van der Waals surface area contributed by atoms with Crippen LogP contribution in [0.4, 0.5) is 0 Å². The summed E-state index contributed by atoms with van der Waals surface area (Å²) in [6.07, 6.45) is 1.01. The van der Waals surface area contributed by atoms with E-state index < -0.39 is 19.8 Å². The maximum Gasteiger partial charge on any atom is 0.173 e. The van der Waals surface area contributed by atoms with E-state index in [-0.39, 0.29) is 0 Å². The van der Waals surface area contributed by atoms with Gasteiger partial charge in [0.2, 0.25) is 0 Å². The third-order valence-electron chi connectivity index (χ3n) is 0.696. The Morgan fingerprint density at radius 2 is 1.89 bits per heavy atom. The van der Waals surface area contributed by atoms with Crippen LogP contribution in [0.25, 0.3) is 0 Å². The minimum atomic E-state index is -3.23. The Bertz CT molecular complexity index is 206. The zero-order valence-corrected chi connectivity index (χ0v) is 7.49. The van der Waals surface area contributed by atoms with Gasteiger partial charge in [-0.25, -0.2) is 8.42 Å². The molecule has 0 spiro atoms. The largest absolute Gasteiger partial charge is 0.298 e. The van der Waals surface area contributed by atoms with Crippen LogP contribution in [0.2, 0.25) is 0 Å². The molecule has 0 amide bonds. The van der Waals surface area contributed by atoms with Crippen molar-refractivity contribution in [3.63, 3.8) is 0 Å².